The molecular formula is C9H13ClN2S. The summed E-state index contributed by atoms with van der Waals surface area (Å²) in [5, 5.41) is 3.90. The lowest BCUT2D eigenvalue weighted by atomic mass is 10.2. The fourth-order valence-corrected chi connectivity index (χ4v) is 2.00. The van der Waals surface area contributed by atoms with Crippen molar-refractivity contribution >= 4 is 22.9 Å². The minimum Gasteiger partial charge on any atom is -0.304 e. The fraction of sp³-hybridized carbons (Fsp3) is 0.444. The van der Waals surface area contributed by atoms with Crippen LogP contribution in [-0.2, 0) is 0 Å². The van der Waals surface area contributed by atoms with Gasteiger partial charge >= 0.3 is 0 Å². The number of aromatic nitrogens is 1. The zero-order chi connectivity index (χ0) is 9.84. The Morgan fingerprint density at radius 1 is 1.85 bits per heavy atom. The molecule has 0 amide bonds. The summed E-state index contributed by atoms with van der Waals surface area (Å²) in [6, 6.07) is 0.294. The fourth-order valence-electron chi connectivity index (χ4n) is 1.08. The van der Waals surface area contributed by atoms with Gasteiger partial charge in [-0.15, -0.1) is 11.3 Å². The van der Waals surface area contributed by atoms with Crippen LogP contribution in [0.3, 0.4) is 0 Å². The van der Waals surface area contributed by atoms with E-state index in [0.29, 0.717) is 17.6 Å². The van der Waals surface area contributed by atoms with Crippen molar-refractivity contribution < 1.29 is 0 Å². The normalized spacial score (nSPS) is 12.8. The second-order valence-electron chi connectivity index (χ2n) is 2.92. The van der Waals surface area contributed by atoms with E-state index in [1.807, 2.05) is 12.4 Å². The SMILES string of the molecule is C=C(Cl)CNC(C)c1scnc1C. The highest BCUT2D eigenvalue weighted by Gasteiger charge is 2.09. The van der Waals surface area contributed by atoms with E-state index in [9.17, 15) is 0 Å². The zero-order valence-electron chi connectivity index (χ0n) is 7.80. The predicted octanol–water partition coefficient (Wildman–Crippen LogP) is 2.85. The lowest BCUT2D eigenvalue weighted by molar-refractivity contribution is 0.620. The van der Waals surface area contributed by atoms with E-state index in [2.05, 4.69) is 23.8 Å². The third-order valence-electron chi connectivity index (χ3n) is 1.78. The van der Waals surface area contributed by atoms with Crippen LogP contribution < -0.4 is 5.32 Å². The molecule has 0 saturated carbocycles. The summed E-state index contributed by atoms with van der Waals surface area (Å²) in [6.07, 6.45) is 0. The summed E-state index contributed by atoms with van der Waals surface area (Å²) in [7, 11) is 0. The number of nitrogens with zero attached hydrogens (tertiary/aromatic N) is 1. The molecular weight excluding hydrogens is 204 g/mol. The van der Waals surface area contributed by atoms with Gasteiger partial charge in [-0.05, 0) is 13.8 Å². The summed E-state index contributed by atoms with van der Waals surface area (Å²) < 4.78 is 0. The average molecular weight is 217 g/mol. The van der Waals surface area contributed by atoms with Crippen molar-refractivity contribution in [1.82, 2.24) is 10.3 Å². The van der Waals surface area contributed by atoms with Gasteiger partial charge in [0.05, 0.1) is 11.2 Å². The third-order valence-corrected chi connectivity index (χ3v) is 3.02. The first-order valence-electron chi connectivity index (χ1n) is 4.08. The Bertz CT molecular complexity index is 296. The molecule has 13 heavy (non-hydrogen) atoms. The highest BCUT2D eigenvalue weighted by atomic mass is 35.5. The van der Waals surface area contributed by atoms with E-state index in [1.165, 1.54) is 4.88 Å². The first-order valence-corrected chi connectivity index (χ1v) is 5.33. The Labute approximate surface area is 87.6 Å². The maximum atomic E-state index is 5.65. The van der Waals surface area contributed by atoms with Crippen LogP contribution in [0.2, 0.25) is 0 Å². The van der Waals surface area contributed by atoms with E-state index in [0.717, 1.165) is 5.69 Å². The predicted molar refractivity (Wildman–Crippen MR) is 58.3 cm³/mol. The summed E-state index contributed by atoms with van der Waals surface area (Å²) in [5.41, 5.74) is 2.95. The smallest absolute Gasteiger partial charge is 0.0798 e. The number of hydrogen-bond acceptors (Lipinski definition) is 3. The van der Waals surface area contributed by atoms with Gasteiger partial charge in [-0.25, -0.2) is 4.98 Å². The van der Waals surface area contributed by atoms with Crippen LogP contribution in [0.1, 0.15) is 23.5 Å². The average Bonchev–Trinajstić information content (AvgIpc) is 2.47. The molecule has 0 aromatic carbocycles. The van der Waals surface area contributed by atoms with E-state index in [-0.39, 0.29) is 0 Å². The minimum atomic E-state index is 0.294. The molecule has 4 heteroatoms. The molecule has 0 saturated heterocycles. The first-order chi connectivity index (χ1) is 6.11. The molecule has 1 aromatic rings. The number of nitrogens with one attached hydrogen (secondary N) is 1. The van der Waals surface area contributed by atoms with E-state index < -0.39 is 0 Å². The molecule has 0 aliphatic rings. The second-order valence-corrected chi connectivity index (χ2v) is 4.34. The van der Waals surface area contributed by atoms with Gasteiger partial charge in [0.15, 0.2) is 0 Å². The van der Waals surface area contributed by atoms with Gasteiger partial charge in [0.2, 0.25) is 0 Å². The van der Waals surface area contributed by atoms with Crippen LogP contribution in [0, 0.1) is 6.92 Å². The van der Waals surface area contributed by atoms with Crippen molar-refractivity contribution in [2.75, 3.05) is 6.54 Å². The topological polar surface area (TPSA) is 24.9 Å². The van der Waals surface area contributed by atoms with Gasteiger partial charge in [-0.1, -0.05) is 18.2 Å². The van der Waals surface area contributed by atoms with Gasteiger partial charge in [-0.2, -0.15) is 0 Å². The van der Waals surface area contributed by atoms with Crippen LogP contribution in [0.15, 0.2) is 17.1 Å². The van der Waals surface area contributed by atoms with Crippen molar-refractivity contribution in [2.24, 2.45) is 0 Å². The number of halogens is 1. The van der Waals surface area contributed by atoms with Crippen LogP contribution >= 0.6 is 22.9 Å². The molecule has 0 aliphatic carbocycles. The van der Waals surface area contributed by atoms with Crippen LogP contribution in [0.4, 0.5) is 0 Å². The van der Waals surface area contributed by atoms with Gasteiger partial charge in [0.25, 0.3) is 0 Å². The van der Waals surface area contributed by atoms with Crippen LogP contribution in [-0.4, -0.2) is 11.5 Å². The molecule has 0 fully saturated rings. The van der Waals surface area contributed by atoms with Gasteiger partial charge in [0, 0.05) is 22.5 Å². The zero-order valence-corrected chi connectivity index (χ0v) is 9.37. The summed E-state index contributed by atoms with van der Waals surface area (Å²) in [4.78, 5) is 5.45. The number of thiazole rings is 1. The summed E-state index contributed by atoms with van der Waals surface area (Å²) >= 11 is 7.32. The summed E-state index contributed by atoms with van der Waals surface area (Å²) in [6.45, 7) is 8.37. The van der Waals surface area contributed by atoms with Crippen molar-refractivity contribution in [3.63, 3.8) is 0 Å². The Balaban J connectivity index is 2.53. The second kappa shape index (κ2) is 4.74. The molecule has 1 atom stereocenters. The Morgan fingerprint density at radius 3 is 3.00 bits per heavy atom. The highest BCUT2D eigenvalue weighted by Crippen LogP contribution is 2.20. The number of hydrogen-bond donors (Lipinski definition) is 1. The van der Waals surface area contributed by atoms with E-state index in [4.69, 9.17) is 11.6 Å². The van der Waals surface area contributed by atoms with Gasteiger partial charge in [-0.3, -0.25) is 0 Å². The van der Waals surface area contributed by atoms with Crippen LogP contribution in [0.25, 0.3) is 0 Å². The molecule has 0 bridgehead atoms. The highest BCUT2D eigenvalue weighted by molar-refractivity contribution is 7.09. The monoisotopic (exact) mass is 216 g/mol. The van der Waals surface area contributed by atoms with Crippen molar-refractivity contribution in [3.8, 4) is 0 Å². The Kier molecular flexibility index (Phi) is 3.90. The van der Waals surface area contributed by atoms with E-state index in [1.54, 1.807) is 11.3 Å². The summed E-state index contributed by atoms with van der Waals surface area (Å²) in [5.74, 6) is 0. The molecule has 1 heterocycles. The minimum absolute atomic E-state index is 0.294. The quantitative estimate of drug-likeness (QED) is 0.838. The van der Waals surface area contributed by atoms with E-state index >= 15 is 0 Å². The molecule has 0 radical (unpaired) electrons. The molecule has 0 spiro atoms. The third kappa shape index (κ3) is 3.10. The molecule has 0 aliphatic heterocycles. The van der Waals surface area contributed by atoms with Crippen molar-refractivity contribution in [3.05, 3.63) is 27.7 Å². The van der Waals surface area contributed by atoms with Gasteiger partial charge < -0.3 is 5.32 Å². The molecule has 1 rings (SSSR count). The largest absolute Gasteiger partial charge is 0.304 e. The maximum absolute atomic E-state index is 5.65. The molecule has 1 unspecified atom stereocenters. The van der Waals surface area contributed by atoms with Crippen molar-refractivity contribution in [1.29, 1.82) is 0 Å². The lowest BCUT2D eigenvalue weighted by Gasteiger charge is -2.11. The maximum Gasteiger partial charge on any atom is 0.0798 e. The molecule has 1 N–H and O–H groups in total. The van der Waals surface area contributed by atoms with Gasteiger partial charge in [0.1, 0.15) is 0 Å². The molecule has 72 valence electrons. The number of aryl methyl sites for hydroxylation is 1. The Morgan fingerprint density at radius 2 is 2.54 bits per heavy atom. The Hall–Kier alpha value is -0.380. The number of rotatable bonds is 4. The molecule has 2 nitrogen and oxygen atoms in total. The standard InChI is InChI=1S/C9H13ClN2S/c1-6(10)4-11-7(2)9-8(3)12-5-13-9/h5,7,11H,1,4H2,2-3H3. The lowest BCUT2D eigenvalue weighted by Crippen LogP contribution is -2.19. The van der Waals surface area contributed by atoms with Crippen LogP contribution in [0.5, 0.6) is 0 Å². The first kappa shape index (κ1) is 10.7. The van der Waals surface area contributed by atoms with Crippen molar-refractivity contribution in [2.45, 2.75) is 19.9 Å². The molecule has 1 aromatic heterocycles.